The fourth-order valence-electron chi connectivity index (χ4n) is 1.86. The Morgan fingerprint density at radius 3 is 3.00 bits per heavy atom. The first-order chi connectivity index (χ1) is 8.50. The summed E-state index contributed by atoms with van der Waals surface area (Å²) in [7, 11) is -3.48. The highest BCUT2D eigenvalue weighted by atomic mass is 79.9. The molecule has 1 aromatic heterocycles. The highest BCUT2D eigenvalue weighted by Gasteiger charge is 2.28. The van der Waals surface area contributed by atoms with Crippen LogP contribution in [0, 0.1) is 0 Å². The third-order valence-electron chi connectivity index (χ3n) is 2.73. The number of nitrogens with zero attached hydrogens (tertiary/aromatic N) is 2. The van der Waals surface area contributed by atoms with Crippen molar-refractivity contribution in [2.24, 2.45) is 0 Å². The molecule has 1 aliphatic rings. The Hall–Kier alpha value is -0.500. The Morgan fingerprint density at radius 2 is 2.28 bits per heavy atom. The van der Waals surface area contributed by atoms with Crippen LogP contribution in [0.5, 0.6) is 0 Å². The Balaban J connectivity index is 2.30. The molecule has 100 valence electrons. The number of sulfonamides is 1. The molecular weight excluding hydrogens is 320 g/mol. The molecule has 1 saturated heterocycles. The summed E-state index contributed by atoms with van der Waals surface area (Å²) in [4.78, 5) is 4.12. The summed E-state index contributed by atoms with van der Waals surface area (Å²) in [5.74, 6) is 0. The first-order valence-electron chi connectivity index (χ1n) is 5.72. The van der Waals surface area contributed by atoms with Crippen LogP contribution in [0.4, 0.5) is 0 Å². The summed E-state index contributed by atoms with van der Waals surface area (Å²) in [5.41, 5.74) is 0. The summed E-state index contributed by atoms with van der Waals surface area (Å²) < 4.78 is 32.5. The predicted octanol–water partition coefficient (Wildman–Crippen LogP) is 1.64. The van der Waals surface area contributed by atoms with Crippen molar-refractivity contribution >= 4 is 26.0 Å². The van der Waals surface area contributed by atoms with E-state index in [-0.39, 0.29) is 11.0 Å². The van der Waals surface area contributed by atoms with Crippen molar-refractivity contribution in [2.45, 2.75) is 24.3 Å². The second-order valence-electron chi connectivity index (χ2n) is 4.24. The molecule has 0 saturated carbocycles. The molecule has 1 aromatic rings. The van der Waals surface area contributed by atoms with Crippen LogP contribution >= 0.6 is 15.9 Å². The first-order valence-corrected chi connectivity index (χ1v) is 7.96. The van der Waals surface area contributed by atoms with Gasteiger partial charge in [0.2, 0.25) is 10.0 Å². The normalized spacial score (nSPS) is 22.7. The average molecular weight is 335 g/mol. The zero-order chi connectivity index (χ0) is 13.2. The van der Waals surface area contributed by atoms with Crippen LogP contribution in [0.15, 0.2) is 27.8 Å². The highest BCUT2D eigenvalue weighted by molar-refractivity contribution is 9.10. The minimum Gasteiger partial charge on any atom is -0.377 e. The van der Waals surface area contributed by atoms with Crippen molar-refractivity contribution in [1.82, 2.24) is 9.29 Å². The predicted molar refractivity (Wildman–Crippen MR) is 70.7 cm³/mol. The minimum atomic E-state index is -3.48. The molecule has 0 bridgehead atoms. The van der Waals surface area contributed by atoms with E-state index in [1.165, 1.54) is 10.5 Å². The number of halogens is 1. The van der Waals surface area contributed by atoms with Gasteiger partial charge in [-0.25, -0.2) is 8.42 Å². The van der Waals surface area contributed by atoms with Gasteiger partial charge in [0.15, 0.2) is 0 Å². The van der Waals surface area contributed by atoms with Crippen LogP contribution in [0.25, 0.3) is 0 Å². The van der Waals surface area contributed by atoms with E-state index in [0.29, 0.717) is 30.6 Å². The minimum absolute atomic E-state index is 0.0811. The molecule has 0 radical (unpaired) electrons. The lowest BCUT2D eigenvalue weighted by Gasteiger charge is -2.21. The van der Waals surface area contributed by atoms with Gasteiger partial charge in [-0.2, -0.15) is 4.31 Å². The quantitative estimate of drug-likeness (QED) is 0.825. The lowest BCUT2D eigenvalue weighted by molar-refractivity contribution is 0.0752. The molecule has 1 aliphatic heterocycles. The molecular formula is C11H15BrN2O3S. The fraction of sp³-hybridized carbons (Fsp3) is 0.545. The van der Waals surface area contributed by atoms with E-state index < -0.39 is 10.0 Å². The Morgan fingerprint density at radius 1 is 1.50 bits per heavy atom. The van der Waals surface area contributed by atoms with Crippen molar-refractivity contribution in [3.05, 3.63) is 22.9 Å². The zero-order valence-corrected chi connectivity index (χ0v) is 12.4. The second kappa shape index (κ2) is 5.64. The highest BCUT2D eigenvalue weighted by Crippen LogP contribution is 2.20. The van der Waals surface area contributed by atoms with Gasteiger partial charge in [-0.1, -0.05) is 0 Å². The molecule has 2 rings (SSSR count). The summed E-state index contributed by atoms with van der Waals surface area (Å²) in [5, 5.41) is 0. The molecule has 0 N–H and O–H groups in total. The van der Waals surface area contributed by atoms with Crippen LogP contribution in [0.3, 0.4) is 0 Å². The van der Waals surface area contributed by atoms with Gasteiger partial charge in [0, 0.05) is 36.6 Å². The average Bonchev–Trinajstić information content (AvgIpc) is 2.54. The molecule has 1 fully saturated rings. The van der Waals surface area contributed by atoms with E-state index in [9.17, 15) is 8.42 Å². The van der Waals surface area contributed by atoms with Crippen molar-refractivity contribution in [2.75, 3.05) is 19.7 Å². The van der Waals surface area contributed by atoms with Crippen LogP contribution in [0.2, 0.25) is 0 Å². The topological polar surface area (TPSA) is 59.5 Å². The van der Waals surface area contributed by atoms with Crippen molar-refractivity contribution < 1.29 is 13.2 Å². The first kappa shape index (κ1) is 13.9. The maximum Gasteiger partial charge on any atom is 0.244 e. The van der Waals surface area contributed by atoms with Gasteiger partial charge in [0.05, 0.1) is 6.10 Å². The van der Waals surface area contributed by atoms with Gasteiger partial charge in [0.1, 0.15) is 4.90 Å². The molecule has 0 amide bonds. The molecule has 2 heterocycles. The lowest BCUT2D eigenvalue weighted by atomic mass is 10.4. The third-order valence-corrected chi connectivity index (χ3v) is 5.00. The van der Waals surface area contributed by atoms with Gasteiger partial charge in [-0.3, -0.25) is 4.98 Å². The molecule has 1 unspecified atom stereocenters. The molecule has 0 spiro atoms. The number of rotatable bonds is 2. The van der Waals surface area contributed by atoms with Crippen LogP contribution in [-0.2, 0) is 14.8 Å². The fourth-order valence-corrected chi connectivity index (χ4v) is 3.92. The lowest BCUT2D eigenvalue weighted by Crippen LogP contribution is -2.36. The molecule has 0 aromatic carbocycles. The summed E-state index contributed by atoms with van der Waals surface area (Å²) in [6.45, 7) is 3.35. The van der Waals surface area contributed by atoms with Crippen molar-refractivity contribution in [1.29, 1.82) is 0 Å². The number of pyridine rings is 1. The van der Waals surface area contributed by atoms with Gasteiger partial charge >= 0.3 is 0 Å². The van der Waals surface area contributed by atoms with Crippen molar-refractivity contribution in [3.8, 4) is 0 Å². The van der Waals surface area contributed by atoms with Gasteiger partial charge < -0.3 is 4.74 Å². The smallest absolute Gasteiger partial charge is 0.244 e. The van der Waals surface area contributed by atoms with Gasteiger partial charge in [-0.15, -0.1) is 0 Å². The third kappa shape index (κ3) is 3.09. The van der Waals surface area contributed by atoms with Crippen LogP contribution in [-0.4, -0.2) is 43.5 Å². The maximum absolute atomic E-state index is 12.4. The monoisotopic (exact) mass is 334 g/mol. The van der Waals surface area contributed by atoms with Crippen LogP contribution < -0.4 is 0 Å². The van der Waals surface area contributed by atoms with E-state index in [2.05, 4.69) is 20.9 Å². The van der Waals surface area contributed by atoms with Gasteiger partial charge in [-0.05, 0) is 35.3 Å². The molecule has 5 nitrogen and oxygen atoms in total. The van der Waals surface area contributed by atoms with E-state index in [1.54, 1.807) is 12.3 Å². The molecule has 0 aliphatic carbocycles. The van der Waals surface area contributed by atoms with E-state index in [1.807, 2.05) is 6.92 Å². The number of hydrogen-bond donors (Lipinski definition) is 0. The van der Waals surface area contributed by atoms with E-state index in [0.717, 1.165) is 0 Å². The second-order valence-corrected chi connectivity index (χ2v) is 7.09. The largest absolute Gasteiger partial charge is 0.377 e. The zero-order valence-electron chi connectivity index (χ0n) is 10.0. The maximum atomic E-state index is 12.4. The van der Waals surface area contributed by atoms with Gasteiger partial charge in [0.25, 0.3) is 0 Å². The summed E-state index contributed by atoms with van der Waals surface area (Å²) >= 11 is 3.24. The summed E-state index contributed by atoms with van der Waals surface area (Å²) in [6, 6.07) is 1.57. The Kier molecular flexibility index (Phi) is 4.37. The Bertz CT molecular complexity index is 521. The SMILES string of the molecule is CC1CN(S(=O)(=O)c2cncc(Br)c2)CCCO1. The number of hydrogen-bond acceptors (Lipinski definition) is 4. The summed E-state index contributed by atoms with van der Waals surface area (Å²) in [6.07, 6.45) is 3.57. The standard InChI is InChI=1S/C11H15BrN2O3S/c1-9-8-14(3-2-4-17-9)18(15,16)11-5-10(12)6-13-7-11/h5-7,9H,2-4,8H2,1H3. The molecule has 18 heavy (non-hydrogen) atoms. The Labute approximate surface area is 115 Å². The molecule has 1 atom stereocenters. The number of ether oxygens (including phenoxy) is 1. The number of aromatic nitrogens is 1. The van der Waals surface area contributed by atoms with E-state index >= 15 is 0 Å². The molecule has 7 heteroatoms. The van der Waals surface area contributed by atoms with Crippen LogP contribution in [0.1, 0.15) is 13.3 Å². The van der Waals surface area contributed by atoms with Crippen molar-refractivity contribution in [3.63, 3.8) is 0 Å². The van der Waals surface area contributed by atoms with E-state index in [4.69, 9.17) is 4.74 Å².